The largest absolute Gasteiger partial charge is 0.116 e. The summed E-state index contributed by atoms with van der Waals surface area (Å²) < 4.78 is 0. The summed E-state index contributed by atoms with van der Waals surface area (Å²) in [7, 11) is -1.84. The third kappa shape index (κ3) is 5.50. The van der Waals surface area contributed by atoms with E-state index < -0.39 is 7.26 Å². The van der Waals surface area contributed by atoms with E-state index in [0.717, 1.165) is 18.0 Å². The molecule has 5 rings (SSSR count). The Morgan fingerprint density at radius 1 is 0.583 bits per heavy atom. The lowest BCUT2D eigenvalue weighted by atomic mass is 9.77. The topological polar surface area (TPSA) is 0 Å². The fourth-order valence-electron chi connectivity index (χ4n) is 6.21. The third-order valence-electron chi connectivity index (χ3n) is 8.27. The molecule has 36 heavy (non-hydrogen) atoms. The Labute approximate surface area is 219 Å². The predicted octanol–water partition coefficient (Wildman–Crippen LogP) is 8.64. The Kier molecular flexibility index (Phi) is 8.35. The zero-order valence-electron chi connectivity index (χ0n) is 21.7. The van der Waals surface area contributed by atoms with Gasteiger partial charge in [0.05, 0.1) is 6.16 Å². The van der Waals surface area contributed by atoms with Crippen molar-refractivity contribution >= 4 is 23.2 Å². The van der Waals surface area contributed by atoms with E-state index >= 15 is 0 Å². The molecule has 0 aromatic heterocycles. The van der Waals surface area contributed by atoms with Gasteiger partial charge in [-0.1, -0.05) is 105 Å². The van der Waals surface area contributed by atoms with E-state index in [1.54, 1.807) is 5.56 Å². The molecular formula is C35H40P+. The molecule has 0 N–H and O–H groups in total. The van der Waals surface area contributed by atoms with Crippen LogP contribution in [0.25, 0.3) is 0 Å². The second-order valence-corrected chi connectivity index (χ2v) is 14.1. The summed E-state index contributed by atoms with van der Waals surface area (Å²) in [6, 6.07) is 43.5. The standard InChI is InChI=1S/C35H40P/c1-2-3-13-29-20-24-31(25-21-29)32-26-22-30(23-27-32)28-36(33-14-7-4-8-15-33,34-16-9-5-10-17-34)35-18-11-6-12-19-35/h4-12,14-19,22-23,26-27,29,31H,2-3,13,20-21,24-25,28H2,1H3/q+1. The lowest BCUT2D eigenvalue weighted by Crippen LogP contribution is -2.32. The lowest BCUT2D eigenvalue weighted by Gasteiger charge is -2.29. The molecule has 1 fully saturated rings. The lowest BCUT2D eigenvalue weighted by molar-refractivity contribution is 0.304. The summed E-state index contributed by atoms with van der Waals surface area (Å²) in [5.74, 6) is 1.71. The SMILES string of the molecule is CCCCC1CCC(c2ccc(C[P+](c3ccccc3)(c3ccccc3)c3ccccc3)cc2)CC1. The Morgan fingerprint density at radius 3 is 1.50 bits per heavy atom. The molecule has 0 saturated heterocycles. The van der Waals surface area contributed by atoms with Gasteiger partial charge in [-0.2, -0.15) is 0 Å². The van der Waals surface area contributed by atoms with Crippen molar-refractivity contribution in [2.45, 2.75) is 63.9 Å². The minimum atomic E-state index is -1.84. The van der Waals surface area contributed by atoms with E-state index in [4.69, 9.17) is 0 Å². The van der Waals surface area contributed by atoms with E-state index in [1.165, 1.54) is 66.4 Å². The van der Waals surface area contributed by atoms with Crippen molar-refractivity contribution in [1.29, 1.82) is 0 Å². The molecule has 1 aliphatic carbocycles. The Hall–Kier alpha value is -2.69. The van der Waals surface area contributed by atoms with Gasteiger partial charge in [0.15, 0.2) is 0 Å². The first-order valence-corrected chi connectivity index (χ1v) is 15.9. The maximum atomic E-state index is 2.45. The normalized spacial score (nSPS) is 18.1. The van der Waals surface area contributed by atoms with Crippen molar-refractivity contribution in [2.24, 2.45) is 5.92 Å². The van der Waals surface area contributed by atoms with E-state index in [1.807, 2.05) is 0 Å². The number of unbranched alkanes of at least 4 members (excludes halogenated alkanes) is 1. The smallest absolute Gasteiger partial charge is 0.0654 e. The van der Waals surface area contributed by atoms with Crippen molar-refractivity contribution < 1.29 is 0 Å². The van der Waals surface area contributed by atoms with Crippen molar-refractivity contribution in [3.8, 4) is 0 Å². The highest BCUT2D eigenvalue weighted by Gasteiger charge is 2.45. The Bertz CT molecular complexity index is 1080. The summed E-state index contributed by atoms with van der Waals surface area (Å²) in [6.07, 6.45) is 10.8. The second kappa shape index (κ2) is 12.0. The van der Waals surface area contributed by atoms with Crippen LogP contribution in [0.3, 0.4) is 0 Å². The van der Waals surface area contributed by atoms with Gasteiger partial charge in [0.25, 0.3) is 0 Å². The van der Waals surface area contributed by atoms with E-state index in [0.29, 0.717) is 0 Å². The van der Waals surface area contributed by atoms with Gasteiger partial charge in [0.2, 0.25) is 0 Å². The van der Waals surface area contributed by atoms with Crippen LogP contribution < -0.4 is 15.9 Å². The molecule has 1 saturated carbocycles. The molecule has 184 valence electrons. The molecule has 0 bridgehead atoms. The maximum absolute atomic E-state index is 2.45. The highest BCUT2D eigenvalue weighted by atomic mass is 31.2. The highest BCUT2D eigenvalue weighted by Crippen LogP contribution is 2.58. The summed E-state index contributed by atoms with van der Waals surface area (Å²) in [4.78, 5) is 0. The average Bonchev–Trinajstić information content (AvgIpc) is 2.97. The fraction of sp³-hybridized carbons (Fsp3) is 0.314. The zero-order valence-corrected chi connectivity index (χ0v) is 22.6. The van der Waals surface area contributed by atoms with Gasteiger partial charge in [-0.3, -0.25) is 0 Å². The molecule has 0 amide bonds. The highest BCUT2D eigenvalue weighted by molar-refractivity contribution is 7.95. The summed E-state index contributed by atoms with van der Waals surface area (Å²) in [5.41, 5.74) is 3.00. The number of hydrogen-bond acceptors (Lipinski definition) is 0. The monoisotopic (exact) mass is 491 g/mol. The molecule has 0 spiro atoms. The minimum Gasteiger partial charge on any atom is -0.0654 e. The quantitative estimate of drug-likeness (QED) is 0.206. The van der Waals surface area contributed by atoms with Crippen LogP contribution in [0.4, 0.5) is 0 Å². The van der Waals surface area contributed by atoms with Crippen LogP contribution >= 0.6 is 7.26 Å². The van der Waals surface area contributed by atoms with E-state index in [-0.39, 0.29) is 0 Å². The minimum absolute atomic E-state index is 0.744. The average molecular weight is 492 g/mol. The first kappa shape index (κ1) is 25.0. The molecule has 0 atom stereocenters. The first-order valence-electron chi connectivity index (χ1n) is 13.9. The van der Waals surface area contributed by atoms with Crippen LogP contribution in [-0.2, 0) is 6.16 Å². The van der Waals surface area contributed by atoms with Gasteiger partial charge in [-0.15, -0.1) is 0 Å². The van der Waals surface area contributed by atoms with Crippen LogP contribution in [0.15, 0.2) is 115 Å². The van der Waals surface area contributed by atoms with E-state index in [9.17, 15) is 0 Å². The molecule has 1 aliphatic rings. The Morgan fingerprint density at radius 2 is 1.06 bits per heavy atom. The maximum Gasteiger partial charge on any atom is 0.116 e. The van der Waals surface area contributed by atoms with Crippen molar-refractivity contribution in [3.63, 3.8) is 0 Å². The van der Waals surface area contributed by atoms with Gasteiger partial charge in [0.1, 0.15) is 23.2 Å². The molecular weight excluding hydrogens is 451 g/mol. The van der Waals surface area contributed by atoms with Crippen LogP contribution in [-0.4, -0.2) is 0 Å². The first-order chi connectivity index (χ1) is 17.8. The molecule has 0 aliphatic heterocycles. The summed E-state index contributed by atoms with van der Waals surface area (Å²) in [6.45, 7) is 2.32. The van der Waals surface area contributed by atoms with Crippen molar-refractivity contribution in [2.75, 3.05) is 0 Å². The molecule has 0 nitrogen and oxygen atoms in total. The number of rotatable bonds is 9. The fourth-order valence-corrected chi connectivity index (χ4v) is 10.5. The third-order valence-corrected chi connectivity index (χ3v) is 12.7. The van der Waals surface area contributed by atoms with Crippen LogP contribution in [0.2, 0.25) is 0 Å². The summed E-state index contributed by atoms with van der Waals surface area (Å²) in [5, 5.41) is 4.37. The van der Waals surface area contributed by atoms with Gasteiger partial charge < -0.3 is 0 Å². The van der Waals surface area contributed by atoms with Gasteiger partial charge in [-0.05, 0) is 85.0 Å². The van der Waals surface area contributed by atoms with Crippen molar-refractivity contribution in [1.82, 2.24) is 0 Å². The Balaban J connectivity index is 1.45. The van der Waals surface area contributed by atoms with Crippen molar-refractivity contribution in [3.05, 3.63) is 126 Å². The van der Waals surface area contributed by atoms with E-state index in [2.05, 4.69) is 122 Å². The van der Waals surface area contributed by atoms with Crippen LogP contribution in [0.1, 0.15) is 68.9 Å². The predicted molar refractivity (Wildman–Crippen MR) is 160 cm³/mol. The summed E-state index contributed by atoms with van der Waals surface area (Å²) >= 11 is 0. The number of benzene rings is 4. The van der Waals surface area contributed by atoms with Gasteiger partial charge in [0, 0.05) is 0 Å². The van der Waals surface area contributed by atoms with Gasteiger partial charge in [-0.25, -0.2) is 0 Å². The molecule has 0 unspecified atom stereocenters. The van der Waals surface area contributed by atoms with Crippen LogP contribution in [0, 0.1) is 5.92 Å². The molecule has 1 heteroatoms. The molecule has 4 aromatic carbocycles. The molecule has 0 heterocycles. The zero-order chi connectivity index (χ0) is 24.6. The second-order valence-electron chi connectivity index (χ2n) is 10.6. The molecule has 4 aromatic rings. The van der Waals surface area contributed by atoms with Crippen LogP contribution in [0.5, 0.6) is 0 Å². The van der Waals surface area contributed by atoms with Gasteiger partial charge >= 0.3 is 0 Å². The number of hydrogen-bond donors (Lipinski definition) is 0. The molecule has 0 radical (unpaired) electrons.